The maximum atomic E-state index is 11.7. The predicted octanol–water partition coefficient (Wildman–Crippen LogP) is -0.0126. The van der Waals surface area contributed by atoms with Crippen LogP contribution in [0.15, 0.2) is 17.2 Å². The molecule has 15 heavy (non-hydrogen) atoms. The topological polar surface area (TPSA) is 58.4 Å². The Bertz CT molecular complexity index is 373. The van der Waals surface area contributed by atoms with Gasteiger partial charge in [0.05, 0.1) is 6.10 Å². The van der Waals surface area contributed by atoms with Crippen molar-refractivity contribution in [1.82, 2.24) is 9.55 Å². The van der Waals surface area contributed by atoms with Crippen LogP contribution in [-0.4, -0.2) is 34.4 Å². The van der Waals surface area contributed by atoms with E-state index in [1.54, 1.807) is 38.3 Å². The van der Waals surface area contributed by atoms with Crippen molar-refractivity contribution in [3.63, 3.8) is 0 Å². The number of anilines is 1. The van der Waals surface area contributed by atoms with Gasteiger partial charge in [-0.15, -0.1) is 0 Å². The van der Waals surface area contributed by atoms with E-state index < -0.39 is 0 Å². The van der Waals surface area contributed by atoms with Gasteiger partial charge in [0.25, 0.3) is 5.56 Å². The second-order valence-corrected chi connectivity index (χ2v) is 3.73. The van der Waals surface area contributed by atoms with Gasteiger partial charge in [0, 0.05) is 33.0 Å². The van der Waals surface area contributed by atoms with Gasteiger partial charge in [-0.1, -0.05) is 0 Å². The van der Waals surface area contributed by atoms with Gasteiger partial charge in [-0.05, 0) is 13.3 Å². The number of nitrogens with zero attached hydrogens (tertiary/aromatic N) is 3. The summed E-state index contributed by atoms with van der Waals surface area (Å²) in [5.74, 6) is 0.417. The highest BCUT2D eigenvalue weighted by atomic mass is 16.3. The van der Waals surface area contributed by atoms with Crippen LogP contribution >= 0.6 is 0 Å². The zero-order valence-electron chi connectivity index (χ0n) is 9.34. The van der Waals surface area contributed by atoms with E-state index >= 15 is 0 Å². The molecule has 1 unspecified atom stereocenters. The number of aliphatic hydroxyl groups excluding tert-OH is 1. The van der Waals surface area contributed by atoms with E-state index in [1.165, 1.54) is 4.57 Å². The van der Waals surface area contributed by atoms with Gasteiger partial charge >= 0.3 is 0 Å². The van der Waals surface area contributed by atoms with E-state index in [9.17, 15) is 4.79 Å². The molecule has 0 fully saturated rings. The van der Waals surface area contributed by atoms with E-state index in [0.29, 0.717) is 18.8 Å². The first kappa shape index (κ1) is 11.7. The summed E-state index contributed by atoms with van der Waals surface area (Å²) >= 11 is 0. The first-order valence-electron chi connectivity index (χ1n) is 4.93. The monoisotopic (exact) mass is 211 g/mol. The predicted molar refractivity (Wildman–Crippen MR) is 59.0 cm³/mol. The third-order valence-corrected chi connectivity index (χ3v) is 2.24. The average Bonchev–Trinajstić information content (AvgIpc) is 2.18. The summed E-state index contributed by atoms with van der Waals surface area (Å²) in [5.41, 5.74) is -0.120. The summed E-state index contributed by atoms with van der Waals surface area (Å²) in [5, 5.41) is 9.14. The molecule has 0 aliphatic carbocycles. The van der Waals surface area contributed by atoms with Crippen molar-refractivity contribution in [2.45, 2.75) is 19.4 Å². The molecule has 5 nitrogen and oxygen atoms in total. The Morgan fingerprint density at radius 2 is 2.33 bits per heavy atom. The maximum absolute atomic E-state index is 11.7. The SMILES string of the molecule is CC(O)CCN(C)c1nccn(C)c1=O. The minimum Gasteiger partial charge on any atom is -0.393 e. The second kappa shape index (κ2) is 4.93. The van der Waals surface area contributed by atoms with Gasteiger partial charge in [0.2, 0.25) is 0 Å². The molecule has 0 aliphatic heterocycles. The van der Waals surface area contributed by atoms with Crippen molar-refractivity contribution < 1.29 is 5.11 Å². The quantitative estimate of drug-likeness (QED) is 0.761. The molecule has 0 amide bonds. The van der Waals surface area contributed by atoms with Gasteiger partial charge in [0.15, 0.2) is 5.82 Å². The average molecular weight is 211 g/mol. The lowest BCUT2D eigenvalue weighted by Crippen LogP contribution is -2.31. The summed E-state index contributed by atoms with van der Waals surface area (Å²) in [6.07, 6.45) is 3.47. The Labute approximate surface area is 89.0 Å². The number of aromatic nitrogens is 2. The highest BCUT2D eigenvalue weighted by Crippen LogP contribution is 2.02. The number of aliphatic hydroxyl groups is 1. The van der Waals surface area contributed by atoms with E-state index in [0.717, 1.165) is 0 Å². The summed E-state index contributed by atoms with van der Waals surface area (Å²) in [4.78, 5) is 17.4. The van der Waals surface area contributed by atoms with Gasteiger partial charge in [-0.25, -0.2) is 4.98 Å². The van der Waals surface area contributed by atoms with Crippen LogP contribution < -0.4 is 10.5 Å². The van der Waals surface area contributed by atoms with E-state index in [4.69, 9.17) is 5.11 Å². The van der Waals surface area contributed by atoms with Crippen LogP contribution in [0.1, 0.15) is 13.3 Å². The molecule has 1 rings (SSSR count). The van der Waals surface area contributed by atoms with Crippen molar-refractivity contribution in [1.29, 1.82) is 0 Å². The lowest BCUT2D eigenvalue weighted by molar-refractivity contribution is 0.187. The number of hydrogen-bond donors (Lipinski definition) is 1. The van der Waals surface area contributed by atoms with Crippen LogP contribution in [0.2, 0.25) is 0 Å². The summed E-state index contributed by atoms with van der Waals surface area (Å²) in [7, 11) is 3.49. The standard InChI is InChI=1S/C10H17N3O2/c1-8(14)4-6-12(2)9-10(15)13(3)7-5-11-9/h5,7-8,14H,4,6H2,1-3H3. The smallest absolute Gasteiger partial charge is 0.293 e. The molecule has 0 radical (unpaired) electrons. The Morgan fingerprint density at radius 1 is 1.67 bits per heavy atom. The first-order chi connectivity index (χ1) is 7.02. The lowest BCUT2D eigenvalue weighted by atomic mass is 10.3. The molecule has 0 bridgehead atoms. The van der Waals surface area contributed by atoms with E-state index in [-0.39, 0.29) is 11.7 Å². The van der Waals surface area contributed by atoms with E-state index in [1.807, 2.05) is 0 Å². The third-order valence-electron chi connectivity index (χ3n) is 2.24. The molecule has 1 atom stereocenters. The second-order valence-electron chi connectivity index (χ2n) is 3.73. The molecule has 0 spiro atoms. The van der Waals surface area contributed by atoms with Crippen molar-refractivity contribution >= 4 is 5.82 Å². The fourth-order valence-electron chi connectivity index (χ4n) is 1.23. The highest BCUT2D eigenvalue weighted by molar-refractivity contribution is 5.33. The zero-order valence-corrected chi connectivity index (χ0v) is 9.34. The van der Waals surface area contributed by atoms with Gasteiger partial charge in [-0.2, -0.15) is 0 Å². The van der Waals surface area contributed by atoms with Crippen molar-refractivity contribution in [3.05, 3.63) is 22.7 Å². The molecule has 1 heterocycles. The molecule has 84 valence electrons. The molecule has 5 heteroatoms. The normalized spacial score (nSPS) is 12.5. The van der Waals surface area contributed by atoms with Gasteiger partial charge in [-0.3, -0.25) is 4.79 Å². The molecular weight excluding hydrogens is 194 g/mol. The molecule has 0 saturated heterocycles. The van der Waals surface area contributed by atoms with E-state index in [2.05, 4.69) is 4.98 Å². The van der Waals surface area contributed by atoms with Crippen molar-refractivity contribution in [2.24, 2.45) is 7.05 Å². The van der Waals surface area contributed by atoms with Gasteiger partial charge in [0.1, 0.15) is 0 Å². The van der Waals surface area contributed by atoms with Crippen LogP contribution in [0.25, 0.3) is 0 Å². The minimum absolute atomic E-state index is 0.120. The largest absolute Gasteiger partial charge is 0.393 e. The van der Waals surface area contributed by atoms with Crippen LogP contribution in [0, 0.1) is 0 Å². The number of rotatable bonds is 4. The van der Waals surface area contributed by atoms with Gasteiger partial charge < -0.3 is 14.6 Å². The fraction of sp³-hybridized carbons (Fsp3) is 0.600. The van der Waals surface area contributed by atoms with Crippen LogP contribution in [-0.2, 0) is 7.05 Å². The molecule has 1 N–H and O–H groups in total. The third kappa shape index (κ3) is 3.06. The van der Waals surface area contributed by atoms with Crippen molar-refractivity contribution in [3.8, 4) is 0 Å². The Balaban J connectivity index is 2.78. The molecule has 0 aromatic carbocycles. The minimum atomic E-state index is -0.361. The first-order valence-corrected chi connectivity index (χ1v) is 4.93. The fourth-order valence-corrected chi connectivity index (χ4v) is 1.23. The molecule has 0 saturated carbocycles. The maximum Gasteiger partial charge on any atom is 0.293 e. The molecule has 1 aromatic rings. The molecule has 0 aliphatic rings. The molecular formula is C10H17N3O2. The number of aryl methyl sites for hydroxylation is 1. The Hall–Kier alpha value is -1.36. The summed E-state index contributed by atoms with van der Waals surface area (Å²) in [6.45, 7) is 2.34. The zero-order chi connectivity index (χ0) is 11.4. The number of hydrogen-bond acceptors (Lipinski definition) is 4. The van der Waals surface area contributed by atoms with Crippen molar-refractivity contribution in [2.75, 3.05) is 18.5 Å². The Kier molecular flexibility index (Phi) is 3.85. The van der Waals surface area contributed by atoms with Crippen LogP contribution in [0.5, 0.6) is 0 Å². The molecule has 1 aromatic heterocycles. The Morgan fingerprint density at radius 3 is 2.93 bits per heavy atom. The summed E-state index contributed by atoms with van der Waals surface area (Å²) in [6, 6.07) is 0. The van der Waals surface area contributed by atoms with Crippen LogP contribution in [0.3, 0.4) is 0 Å². The van der Waals surface area contributed by atoms with Crippen LogP contribution in [0.4, 0.5) is 5.82 Å². The summed E-state index contributed by atoms with van der Waals surface area (Å²) < 4.78 is 1.49. The lowest BCUT2D eigenvalue weighted by Gasteiger charge is -2.18. The highest BCUT2D eigenvalue weighted by Gasteiger charge is 2.08.